The molecule has 2 aromatic carbocycles. The molecule has 0 spiro atoms. The number of aromatic hydroxyl groups is 1. The number of allylic oxidation sites excluding steroid dienone is 1. The maximum absolute atomic E-state index is 13.6. The average Bonchev–Trinajstić information content (AvgIpc) is 3.13. The summed E-state index contributed by atoms with van der Waals surface area (Å²) in [5, 5.41) is 9.55. The van der Waals surface area contributed by atoms with Crippen molar-refractivity contribution in [2.24, 2.45) is 4.99 Å². The quantitative estimate of drug-likeness (QED) is 0.545. The lowest BCUT2D eigenvalue weighted by Crippen LogP contribution is -2.40. The molecule has 34 heavy (non-hydrogen) atoms. The number of thiazole rings is 1. The molecule has 9 heteroatoms. The molecule has 0 bridgehead atoms. The Morgan fingerprint density at radius 1 is 1.18 bits per heavy atom. The van der Waals surface area contributed by atoms with Crippen molar-refractivity contribution in [3.05, 3.63) is 84.5 Å². The van der Waals surface area contributed by atoms with Gasteiger partial charge in [-0.2, -0.15) is 0 Å². The minimum absolute atomic E-state index is 0.139. The molecule has 1 aliphatic heterocycles. The second kappa shape index (κ2) is 9.56. The first-order valence-electron chi connectivity index (χ1n) is 10.6. The van der Waals surface area contributed by atoms with Gasteiger partial charge in [0.25, 0.3) is 5.56 Å². The Bertz CT molecular complexity index is 1450. The van der Waals surface area contributed by atoms with Crippen LogP contribution in [0.5, 0.6) is 17.2 Å². The summed E-state index contributed by atoms with van der Waals surface area (Å²) in [5.41, 5.74) is 1.81. The fourth-order valence-corrected chi connectivity index (χ4v) is 4.90. The summed E-state index contributed by atoms with van der Waals surface area (Å²) < 4.78 is 18.2. The van der Waals surface area contributed by atoms with Crippen LogP contribution in [0.4, 0.5) is 0 Å². The fraction of sp³-hybridized carbons (Fsp3) is 0.240. The smallest absolute Gasteiger partial charge is 0.338 e. The monoisotopic (exact) mass is 480 g/mol. The minimum atomic E-state index is -0.793. The number of phenols is 1. The molecule has 1 aliphatic rings. The molecule has 0 aliphatic carbocycles. The van der Waals surface area contributed by atoms with E-state index in [1.165, 1.54) is 23.0 Å². The molecule has 0 fully saturated rings. The molecule has 1 N–H and O–H groups in total. The zero-order valence-corrected chi connectivity index (χ0v) is 20.0. The van der Waals surface area contributed by atoms with Crippen molar-refractivity contribution in [3.8, 4) is 17.2 Å². The van der Waals surface area contributed by atoms with Crippen LogP contribution in [0.2, 0.25) is 0 Å². The lowest BCUT2D eigenvalue weighted by Gasteiger charge is -2.26. The number of hydrogen-bond donors (Lipinski definition) is 1. The van der Waals surface area contributed by atoms with Gasteiger partial charge in [-0.25, -0.2) is 9.79 Å². The normalized spacial score (nSPS) is 15.5. The molecule has 1 atom stereocenters. The van der Waals surface area contributed by atoms with Crippen LogP contribution in [0, 0.1) is 0 Å². The van der Waals surface area contributed by atoms with Crippen LogP contribution >= 0.6 is 11.3 Å². The number of rotatable bonds is 6. The second-order valence-corrected chi connectivity index (χ2v) is 8.51. The summed E-state index contributed by atoms with van der Waals surface area (Å²) in [5.74, 6) is 0.645. The summed E-state index contributed by atoms with van der Waals surface area (Å²) in [6.45, 7) is 3.64. The van der Waals surface area contributed by atoms with E-state index in [-0.39, 0.29) is 23.5 Å². The third kappa shape index (κ3) is 4.22. The third-order valence-corrected chi connectivity index (χ3v) is 6.43. The molecule has 0 saturated carbocycles. The molecule has 0 unspecified atom stereocenters. The molecule has 0 saturated heterocycles. The van der Waals surface area contributed by atoms with Crippen molar-refractivity contribution in [1.82, 2.24) is 4.57 Å². The maximum atomic E-state index is 13.6. The van der Waals surface area contributed by atoms with Crippen molar-refractivity contribution in [3.63, 3.8) is 0 Å². The number of phenolic OH excluding ortho intramolecular Hbond substituents is 1. The molecule has 2 heterocycles. The molecule has 8 nitrogen and oxygen atoms in total. The molecule has 0 radical (unpaired) electrons. The number of carbonyl (C=O) groups is 1. The number of carbonyl (C=O) groups excluding carboxylic acids is 1. The van der Waals surface area contributed by atoms with Crippen LogP contribution in [0.3, 0.4) is 0 Å². The zero-order valence-electron chi connectivity index (χ0n) is 19.2. The van der Waals surface area contributed by atoms with Crippen molar-refractivity contribution in [1.29, 1.82) is 0 Å². The summed E-state index contributed by atoms with van der Waals surface area (Å²) in [7, 11) is 3.07. The first-order valence-corrected chi connectivity index (χ1v) is 11.4. The van der Waals surface area contributed by atoms with Gasteiger partial charge in [0.1, 0.15) is 23.3 Å². The SMILES string of the molecule is CCOC(=O)C1=C(C)N=c2s/c(=C\c3ccc(O)cc3)c(=O)n2[C@@H]1c1ccc(OC)cc1OC. The van der Waals surface area contributed by atoms with Gasteiger partial charge in [0.15, 0.2) is 4.80 Å². The second-order valence-electron chi connectivity index (χ2n) is 7.50. The highest BCUT2D eigenvalue weighted by atomic mass is 32.1. The number of fused-ring (bicyclic) bond motifs is 1. The highest BCUT2D eigenvalue weighted by molar-refractivity contribution is 7.07. The van der Waals surface area contributed by atoms with E-state index in [9.17, 15) is 14.7 Å². The molecule has 176 valence electrons. The van der Waals surface area contributed by atoms with E-state index >= 15 is 0 Å². The van der Waals surface area contributed by atoms with E-state index < -0.39 is 12.0 Å². The van der Waals surface area contributed by atoms with Crippen LogP contribution in [-0.4, -0.2) is 36.5 Å². The van der Waals surface area contributed by atoms with E-state index in [0.717, 1.165) is 5.56 Å². The zero-order chi connectivity index (χ0) is 24.4. The first-order chi connectivity index (χ1) is 16.4. The van der Waals surface area contributed by atoms with Crippen molar-refractivity contribution in [2.45, 2.75) is 19.9 Å². The molecule has 1 aromatic heterocycles. The van der Waals surface area contributed by atoms with Gasteiger partial charge < -0.3 is 19.3 Å². The van der Waals surface area contributed by atoms with E-state index in [1.807, 2.05) is 0 Å². The third-order valence-electron chi connectivity index (χ3n) is 5.44. The van der Waals surface area contributed by atoms with E-state index in [1.54, 1.807) is 69.5 Å². The summed E-state index contributed by atoms with van der Waals surface area (Å²) >= 11 is 1.23. The van der Waals surface area contributed by atoms with Crippen LogP contribution in [0.25, 0.3) is 6.08 Å². The molecular weight excluding hydrogens is 456 g/mol. The van der Waals surface area contributed by atoms with Gasteiger partial charge in [-0.05, 0) is 49.8 Å². The number of nitrogens with zero attached hydrogens (tertiary/aromatic N) is 2. The van der Waals surface area contributed by atoms with Gasteiger partial charge in [-0.1, -0.05) is 23.5 Å². The lowest BCUT2D eigenvalue weighted by molar-refractivity contribution is -0.139. The number of methoxy groups -OCH3 is 2. The predicted molar refractivity (Wildman–Crippen MR) is 128 cm³/mol. The van der Waals surface area contributed by atoms with E-state index in [4.69, 9.17) is 14.2 Å². The number of aromatic nitrogens is 1. The number of benzene rings is 2. The Morgan fingerprint density at radius 2 is 1.91 bits per heavy atom. The summed E-state index contributed by atoms with van der Waals surface area (Å²) in [6, 6.07) is 11.0. The van der Waals surface area contributed by atoms with Gasteiger partial charge in [0, 0.05) is 11.6 Å². The van der Waals surface area contributed by atoms with Crippen LogP contribution < -0.4 is 24.4 Å². The number of ether oxygens (including phenoxy) is 3. The molecule has 3 aromatic rings. The highest BCUT2D eigenvalue weighted by Gasteiger charge is 2.35. The van der Waals surface area contributed by atoms with Crippen molar-refractivity contribution < 1.29 is 24.1 Å². The van der Waals surface area contributed by atoms with Crippen LogP contribution in [0.15, 0.2) is 63.5 Å². The highest BCUT2D eigenvalue weighted by Crippen LogP contribution is 2.37. The first kappa shape index (κ1) is 23.3. The van der Waals surface area contributed by atoms with E-state index in [2.05, 4.69) is 4.99 Å². The van der Waals surface area contributed by atoms with E-state index in [0.29, 0.717) is 32.1 Å². The van der Waals surface area contributed by atoms with Gasteiger partial charge in [0.05, 0.1) is 36.6 Å². The average molecular weight is 481 g/mol. The van der Waals surface area contributed by atoms with Gasteiger partial charge in [0.2, 0.25) is 0 Å². The maximum Gasteiger partial charge on any atom is 0.338 e. The molecule has 0 amide bonds. The Hall–Kier alpha value is -3.85. The van der Waals surface area contributed by atoms with Crippen LogP contribution in [-0.2, 0) is 9.53 Å². The van der Waals surface area contributed by atoms with Gasteiger partial charge >= 0.3 is 5.97 Å². The van der Waals surface area contributed by atoms with Gasteiger partial charge in [-0.15, -0.1) is 0 Å². The molecule has 4 rings (SSSR count). The van der Waals surface area contributed by atoms with Gasteiger partial charge in [-0.3, -0.25) is 9.36 Å². The molecular formula is C25H24N2O6S. The Labute approximate surface area is 199 Å². The summed E-state index contributed by atoms with van der Waals surface area (Å²) in [4.78, 5) is 31.7. The summed E-state index contributed by atoms with van der Waals surface area (Å²) in [6.07, 6.45) is 1.73. The minimum Gasteiger partial charge on any atom is -0.508 e. The van der Waals surface area contributed by atoms with Crippen molar-refractivity contribution >= 4 is 23.4 Å². The van der Waals surface area contributed by atoms with Crippen molar-refractivity contribution in [2.75, 3.05) is 20.8 Å². The number of esters is 1. The van der Waals surface area contributed by atoms with Crippen LogP contribution in [0.1, 0.15) is 31.0 Å². The number of hydrogen-bond acceptors (Lipinski definition) is 8. The standard InChI is InChI=1S/C25H24N2O6S/c1-5-33-24(30)21-14(2)26-25-27(22(21)18-11-10-17(31-3)13-19(18)32-4)23(29)20(34-25)12-15-6-8-16(28)9-7-15/h6-13,22,28H,5H2,1-4H3/b20-12-/t22-/m1/s1. The Morgan fingerprint density at radius 3 is 2.56 bits per heavy atom. The Kier molecular flexibility index (Phi) is 6.56. The largest absolute Gasteiger partial charge is 0.508 e. The predicted octanol–water partition coefficient (Wildman–Crippen LogP) is 2.52. The lowest BCUT2D eigenvalue weighted by atomic mass is 9.95. The fourth-order valence-electron chi connectivity index (χ4n) is 3.85. The topological polar surface area (TPSA) is 99.4 Å². The Balaban J connectivity index is 1.99.